The largest absolute Gasteiger partial charge is 0.307 e. The molecule has 18 heavy (non-hydrogen) atoms. The quantitative estimate of drug-likeness (QED) is 0.947. The van der Waals surface area contributed by atoms with Gasteiger partial charge >= 0.3 is 0 Å². The van der Waals surface area contributed by atoms with Gasteiger partial charge in [0, 0.05) is 22.4 Å². The van der Waals surface area contributed by atoms with E-state index in [2.05, 4.69) is 31.2 Å². The Morgan fingerprint density at radius 3 is 2.56 bits per heavy atom. The minimum atomic E-state index is -0.358. The molecule has 1 aromatic heterocycles. The van der Waals surface area contributed by atoms with Gasteiger partial charge in [-0.2, -0.15) is 0 Å². The first-order chi connectivity index (χ1) is 8.61. The fraction of sp³-hybridized carbons (Fsp3) is 0.231. The zero-order chi connectivity index (χ0) is 13.1. The van der Waals surface area contributed by atoms with Crippen molar-refractivity contribution < 1.29 is 4.39 Å². The lowest BCUT2D eigenvalue weighted by atomic mass is 10.1. The monoisotopic (exact) mass is 309 g/mol. The first-order valence-electron chi connectivity index (χ1n) is 5.52. The van der Waals surface area contributed by atoms with E-state index >= 15 is 0 Å². The maximum Gasteiger partial charge on any atom is 0.149 e. The highest BCUT2D eigenvalue weighted by Gasteiger charge is 2.18. The number of hydrogen-bond acceptors (Lipinski definition) is 3. The minimum Gasteiger partial charge on any atom is -0.307 e. The Morgan fingerprint density at radius 2 is 1.94 bits per heavy atom. The second kappa shape index (κ2) is 5.54. The van der Waals surface area contributed by atoms with Crippen LogP contribution in [0.2, 0.25) is 0 Å². The molecule has 0 fully saturated rings. The number of halogens is 2. The van der Waals surface area contributed by atoms with Gasteiger partial charge in [0.1, 0.15) is 11.6 Å². The lowest BCUT2D eigenvalue weighted by Gasteiger charge is -2.16. The third-order valence-electron chi connectivity index (χ3n) is 2.62. The van der Waals surface area contributed by atoms with Gasteiger partial charge in [0.25, 0.3) is 0 Å². The smallest absolute Gasteiger partial charge is 0.149 e. The fourth-order valence-electron chi connectivity index (χ4n) is 1.71. The van der Waals surface area contributed by atoms with E-state index < -0.39 is 0 Å². The molecule has 0 aliphatic heterocycles. The average molecular weight is 310 g/mol. The van der Waals surface area contributed by atoms with Crippen molar-refractivity contribution in [3.8, 4) is 0 Å². The predicted molar refractivity (Wildman–Crippen MR) is 71.8 cm³/mol. The summed E-state index contributed by atoms with van der Waals surface area (Å²) in [5, 5.41) is 3.04. The first kappa shape index (κ1) is 13.1. The fourth-order valence-corrected chi connectivity index (χ4v) is 2.09. The molecule has 0 aliphatic rings. The van der Waals surface area contributed by atoms with Crippen molar-refractivity contribution in [2.24, 2.45) is 0 Å². The van der Waals surface area contributed by atoms with E-state index in [0.29, 0.717) is 11.4 Å². The van der Waals surface area contributed by atoms with Gasteiger partial charge in [-0.3, -0.25) is 0 Å². The van der Waals surface area contributed by atoms with Gasteiger partial charge in [-0.1, -0.05) is 15.9 Å². The van der Waals surface area contributed by atoms with Crippen LogP contribution in [0.4, 0.5) is 4.39 Å². The highest BCUT2D eigenvalue weighted by molar-refractivity contribution is 9.10. The third-order valence-corrected chi connectivity index (χ3v) is 3.11. The van der Waals surface area contributed by atoms with Crippen LogP contribution in [0.25, 0.3) is 0 Å². The second-order valence-electron chi connectivity index (χ2n) is 4.01. The SMILES string of the molecule is CNC(c1ncc(C)cn1)c1cc(Br)ccc1F. The molecule has 0 bridgehead atoms. The van der Waals surface area contributed by atoms with Gasteiger partial charge in [-0.05, 0) is 37.7 Å². The van der Waals surface area contributed by atoms with Crippen molar-refractivity contribution in [3.63, 3.8) is 0 Å². The molecule has 0 amide bonds. The molecule has 0 spiro atoms. The molecule has 2 aromatic rings. The minimum absolute atomic E-state index is 0.276. The standard InChI is InChI=1S/C13H13BrFN3/c1-8-6-17-13(18-7-8)12(16-2)10-5-9(14)3-4-11(10)15/h3-7,12,16H,1-2H3. The van der Waals surface area contributed by atoms with Crippen molar-refractivity contribution in [1.82, 2.24) is 15.3 Å². The van der Waals surface area contributed by atoms with Gasteiger partial charge < -0.3 is 5.32 Å². The summed E-state index contributed by atoms with van der Waals surface area (Å²) in [6.45, 7) is 1.91. The molecule has 5 heteroatoms. The third kappa shape index (κ3) is 2.73. The maximum atomic E-state index is 13.9. The second-order valence-corrected chi connectivity index (χ2v) is 4.92. The molecular weight excluding hydrogens is 297 g/mol. The van der Waals surface area contributed by atoms with E-state index in [1.807, 2.05) is 6.92 Å². The van der Waals surface area contributed by atoms with Crippen LogP contribution in [-0.2, 0) is 0 Å². The molecule has 2 rings (SSSR count). The van der Waals surface area contributed by atoms with Crippen molar-refractivity contribution in [2.45, 2.75) is 13.0 Å². The van der Waals surface area contributed by atoms with Gasteiger partial charge in [0.15, 0.2) is 0 Å². The maximum absolute atomic E-state index is 13.9. The summed E-state index contributed by atoms with van der Waals surface area (Å²) in [6, 6.07) is 4.47. The van der Waals surface area contributed by atoms with E-state index in [1.54, 1.807) is 31.6 Å². The Balaban J connectivity index is 2.44. The molecule has 0 radical (unpaired) electrons. The molecule has 1 unspecified atom stereocenters. The van der Waals surface area contributed by atoms with Crippen molar-refractivity contribution in [3.05, 3.63) is 57.8 Å². The number of nitrogens with zero attached hydrogens (tertiary/aromatic N) is 2. The van der Waals surface area contributed by atoms with Gasteiger partial charge in [0.05, 0.1) is 6.04 Å². The van der Waals surface area contributed by atoms with E-state index in [0.717, 1.165) is 10.0 Å². The molecule has 3 nitrogen and oxygen atoms in total. The van der Waals surface area contributed by atoms with Crippen LogP contribution in [0.5, 0.6) is 0 Å². The normalized spacial score (nSPS) is 12.4. The molecule has 0 saturated heterocycles. The molecular formula is C13H13BrFN3. The Labute approximate surface area is 114 Å². The van der Waals surface area contributed by atoms with Crippen LogP contribution < -0.4 is 5.32 Å². The molecule has 0 aliphatic carbocycles. The summed E-state index contributed by atoms with van der Waals surface area (Å²) in [6.07, 6.45) is 3.45. The Morgan fingerprint density at radius 1 is 1.28 bits per heavy atom. The number of rotatable bonds is 3. The molecule has 1 heterocycles. The Kier molecular flexibility index (Phi) is 4.04. The van der Waals surface area contributed by atoms with Gasteiger partial charge in [-0.15, -0.1) is 0 Å². The van der Waals surface area contributed by atoms with E-state index in [-0.39, 0.29) is 11.9 Å². The Bertz CT molecular complexity index is 542. The van der Waals surface area contributed by atoms with Crippen LogP contribution in [0.1, 0.15) is 23.0 Å². The predicted octanol–water partition coefficient (Wildman–Crippen LogP) is 3.00. The number of benzene rings is 1. The van der Waals surface area contributed by atoms with Crippen LogP contribution in [0.15, 0.2) is 35.1 Å². The molecule has 94 valence electrons. The summed E-state index contributed by atoms with van der Waals surface area (Å²) >= 11 is 3.34. The lowest BCUT2D eigenvalue weighted by molar-refractivity contribution is 0.562. The average Bonchev–Trinajstić information content (AvgIpc) is 2.37. The highest BCUT2D eigenvalue weighted by atomic mass is 79.9. The van der Waals surface area contributed by atoms with Crippen molar-refractivity contribution in [1.29, 1.82) is 0 Å². The van der Waals surface area contributed by atoms with Gasteiger partial charge in [-0.25, -0.2) is 14.4 Å². The zero-order valence-electron chi connectivity index (χ0n) is 10.1. The van der Waals surface area contributed by atoms with Gasteiger partial charge in [0.2, 0.25) is 0 Å². The van der Waals surface area contributed by atoms with Crippen molar-refractivity contribution >= 4 is 15.9 Å². The van der Waals surface area contributed by atoms with E-state index in [1.165, 1.54) is 6.07 Å². The highest BCUT2D eigenvalue weighted by Crippen LogP contribution is 2.24. The first-order valence-corrected chi connectivity index (χ1v) is 6.32. The summed E-state index contributed by atoms with van der Waals surface area (Å²) in [5.41, 5.74) is 1.50. The van der Waals surface area contributed by atoms with Crippen LogP contribution in [0, 0.1) is 12.7 Å². The molecule has 1 N–H and O–H groups in total. The summed E-state index contributed by atoms with van der Waals surface area (Å²) in [7, 11) is 1.76. The number of nitrogens with one attached hydrogen (secondary N) is 1. The Hall–Kier alpha value is -1.33. The summed E-state index contributed by atoms with van der Waals surface area (Å²) in [5.74, 6) is 0.279. The van der Waals surface area contributed by atoms with Crippen LogP contribution >= 0.6 is 15.9 Å². The molecule has 1 aromatic carbocycles. The summed E-state index contributed by atoms with van der Waals surface area (Å²) in [4.78, 5) is 8.48. The van der Waals surface area contributed by atoms with Crippen molar-refractivity contribution in [2.75, 3.05) is 7.05 Å². The number of aryl methyl sites for hydroxylation is 1. The van der Waals surface area contributed by atoms with E-state index in [9.17, 15) is 4.39 Å². The topological polar surface area (TPSA) is 37.8 Å². The molecule has 1 atom stereocenters. The van der Waals surface area contributed by atoms with Crippen LogP contribution in [-0.4, -0.2) is 17.0 Å². The van der Waals surface area contributed by atoms with E-state index in [4.69, 9.17) is 0 Å². The number of aromatic nitrogens is 2. The lowest BCUT2D eigenvalue weighted by Crippen LogP contribution is -2.21. The summed E-state index contributed by atoms with van der Waals surface area (Å²) < 4.78 is 14.7. The van der Waals surface area contributed by atoms with Crippen LogP contribution in [0.3, 0.4) is 0 Å². The number of hydrogen-bond donors (Lipinski definition) is 1. The zero-order valence-corrected chi connectivity index (χ0v) is 11.7. The molecule has 0 saturated carbocycles.